The summed E-state index contributed by atoms with van der Waals surface area (Å²) in [7, 11) is 2.22. The van der Waals surface area contributed by atoms with E-state index in [0.717, 1.165) is 37.7 Å². The van der Waals surface area contributed by atoms with Crippen LogP contribution in [0, 0.1) is 12.7 Å². The largest absolute Gasteiger partial charge is 0.357 e. The highest BCUT2D eigenvalue weighted by atomic mass is 127. The van der Waals surface area contributed by atoms with Gasteiger partial charge in [-0.05, 0) is 90.0 Å². The SMILES string of the molecule is CCNC(=NCc1ccc(C)c(F)c1)NCC1(N2CCCCC2)CCN(C)CC1.I. The number of halogens is 2. The van der Waals surface area contributed by atoms with Crippen LogP contribution in [0.15, 0.2) is 23.2 Å². The van der Waals surface area contributed by atoms with E-state index in [0.29, 0.717) is 12.1 Å². The maximum absolute atomic E-state index is 13.8. The van der Waals surface area contributed by atoms with Crippen LogP contribution >= 0.6 is 24.0 Å². The molecule has 5 nitrogen and oxygen atoms in total. The average molecular weight is 532 g/mol. The molecular weight excluding hydrogens is 492 g/mol. The van der Waals surface area contributed by atoms with Gasteiger partial charge in [0.25, 0.3) is 0 Å². The first kappa shape index (κ1) is 25.3. The number of nitrogens with one attached hydrogen (secondary N) is 2. The van der Waals surface area contributed by atoms with Crippen molar-refractivity contribution < 1.29 is 4.39 Å². The number of hydrogen-bond donors (Lipinski definition) is 2. The van der Waals surface area contributed by atoms with Crippen molar-refractivity contribution in [1.82, 2.24) is 20.4 Å². The molecule has 0 aromatic heterocycles. The van der Waals surface area contributed by atoms with Crippen LogP contribution in [0.3, 0.4) is 0 Å². The summed E-state index contributed by atoms with van der Waals surface area (Å²) < 4.78 is 13.8. The minimum atomic E-state index is -0.161. The third-order valence-electron chi connectivity index (χ3n) is 6.53. The number of rotatable bonds is 6. The smallest absolute Gasteiger partial charge is 0.191 e. The second-order valence-electron chi connectivity index (χ2n) is 8.71. The molecule has 2 fully saturated rings. The predicted molar refractivity (Wildman–Crippen MR) is 134 cm³/mol. The zero-order chi connectivity index (χ0) is 20.7. The summed E-state index contributed by atoms with van der Waals surface area (Å²) in [6.45, 7) is 10.8. The summed E-state index contributed by atoms with van der Waals surface area (Å²) in [4.78, 5) is 9.90. The number of guanidine groups is 1. The Labute approximate surface area is 198 Å². The normalized spacial score (nSPS) is 20.5. The van der Waals surface area contributed by atoms with Crippen LogP contribution in [0.25, 0.3) is 0 Å². The molecule has 3 rings (SSSR count). The average Bonchev–Trinajstić information content (AvgIpc) is 2.74. The van der Waals surface area contributed by atoms with Gasteiger partial charge < -0.3 is 15.5 Å². The molecule has 2 heterocycles. The van der Waals surface area contributed by atoms with Gasteiger partial charge in [0.1, 0.15) is 5.82 Å². The zero-order valence-electron chi connectivity index (χ0n) is 18.8. The molecule has 7 heteroatoms. The minimum Gasteiger partial charge on any atom is -0.357 e. The van der Waals surface area contributed by atoms with Gasteiger partial charge >= 0.3 is 0 Å². The number of piperidine rings is 2. The van der Waals surface area contributed by atoms with Crippen molar-refractivity contribution in [1.29, 1.82) is 0 Å². The number of aryl methyl sites for hydroxylation is 1. The topological polar surface area (TPSA) is 42.9 Å². The highest BCUT2D eigenvalue weighted by molar-refractivity contribution is 14.0. The highest BCUT2D eigenvalue weighted by Gasteiger charge is 2.39. The van der Waals surface area contributed by atoms with E-state index in [9.17, 15) is 4.39 Å². The first-order valence-corrected chi connectivity index (χ1v) is 11.2. The lowest BCUT2D eigenvalue weighted by molar-refractivity contribution is 0.0173. The van der Waals surface area contributed by atoms with Gasteiger partial charge in [-0.25, -0.2) is 9.38 Å². The first-order valence-electron chi connectivity index (χ1n) is 11.2. The molecule has 2 aliphatic rings. The van der Waals surface area contributed by atoms with Crippen molar-refractivity contribution in [3.63, 3.8) is 0 Å². The van der Waals surface area contributed by atoms with Gasteiger partial charge in [-0.15, -0.1) is 24.0 Å². The molecule has 0 bridgehead atoms. The third kappa shape index (κ3) is 6.79. The highest BCUT2D eigenvalue weighted by Crippen LogP contribution is 2.30. The molecule has 170 valence electrons. The lowest BCUT2D eigenvalue weighted by Gasteiger charge is -2.50. The summed E-state index contributed by atoms with van der Waals surface area (Å²) in [6.07, 6.45) is 6.37. The first-order chi connectivity index (χ1) is 14.0. The Bertz CT molecular complexity index is 682. The van der Waals surface area contributed by atoms with Gasteiger partial charge in [-0.2, -0.15) is 0 Å². The molecule has 2 aliphatic heterocycles. The lowest BCUT2D eigenvalue weighted by atomic mass is 9.84. The fourth-order valence-electron chi connectivity index (χ4n) is 4.50. The van der Waals surface area contributed by atoms with Crippen molar-refractivity contribution in [2.24, 2.45) is 4.99 Å². The molecule has 1 aromatic carbocycles. The van der Waals surface area contributed by atoms with Gasteiger partial charge in [0.2, 0.25) is 0 Å². The third-order valence-corrected chi connectivity index (χ3v) is 6.53. The zero-order valence-corrected chi connectivity index (χ0v) is 21.2. The monoisotopic (exact) mass is 531 g/mol. The maximum Gasteiger partial charge on any atom is 0.191 e. The van der Waals surface area contributed by atoms with E-state index in [2.05, 4.69) is 34.4 Å². The van der Waals surface area contributed by atoms with Crippen LogP contribution in [-0.4, -0.2) is 67.6 Å². The Morgan fingerprint density at radius 3 is 2.43 bits per heavy atom. The Balaban J connectivity index is 0.00000320. The van der Waals surface area contributed by atoms with E-state index in [1.54, 1.807) is 13.0 Å². The quantitative estimate of drug-likeness (QED) is 0.334. The molecule has 0 spiro atoms. The summed E-state index contributed by atoms with van der Waals surface area (Å²) in [5.41, 5.74) is 1.78. The van der Waals surface area contributed by atoms with E-state index in [4.69, 9.17) is 4.99 Å². The number of benzene rings is 1. The fourth-order valence-corrected chi connectivity index (χ4v) is 4.50. The van der Waals surface area contributed by atoms with E-state index >= 15 is 0 Å². The second-order valence-corrected chi connectivity index (χ2v) is 8.71. The summed E-state index contributed by atoms with van der Waals surface area (Å²) in [5, 5.41) is 6.99. The summed E-state index contributed by atoms with van der Waals surface area (Å²) in [5.74, 6) is 0.662. The van der Waals surface area contributed by atoms with Crippen molar-refractivity contribution in [3.8, 4) is 0 Å². The molecule has 0 atom stereocenters. The molecule has 0 unspecified atom stereocenters. The Morgan fingerprint density at radius 1 is 1.10 bits per heavy atom. The lowest BCUT2D eigenvalue weighted by Crippen LogP contribution is -2.62. The number of hydrogen-bond acceptors (Lipinski definition) is 3. The Morgan fingerprint density at radius 2 is 1.80 bits per heavy atom. The maximum atomic E-state index is 13.8. The van der Waals surface area contributed by atoms with Crippen LogP contribution in [-0.2, 0) is 6.54 Å². The van der Waals surface area contributed by atoms with Gasteiger partial charge in [-0.1, -0.05) is 18.6 Å². The van der Waals surface area contributed by atoms with Crippen molar-refractivity contribution >= 4 is 29.9 Å². The predicted octanol–water partition coefficient (Wildman–Crippen LogP) is 3.76. The molecule has 0 radical (unpaired) electrons. The summed E-state index contributed by atoms with van der Waals surface area (Å²) >= 11 is 0. The standard InChI is InChI=1S/C23H38FN5.HI/c1-4-25-22(26-17-20-9-8-19(2)21(24)16-20)27-18-23(10-14-28(3)15-11-23)29-12-6-5-7-13-29;/h8-9,16H,4-7,10-15,17-18H2,1-3H3,(H2,25,26,27);1H. The van der Waals surface area contributed by atoms with E-state index < -0.39 is 0 Å². The van der Waals surface area contributed by atoms with Crippen LogP contribution in [0.2, 0.25) is 0 Å². The molecular formula is C23H39FIN5. The Kier molecular flexibility index (Phi) is 10.3. The van der Waals surface area contributed by atoms with Crippen molar-refractivity contribution in [3.05, 3.63) is 35.1 Å². The van der Waals surface area contributed by atoms with E-state index in [1.165, 1.54) is 45.2 Å². The van der Waals surface area contributed by atoms with Gasteiger partial charge in [-0.3, -0.25) is 4.90 Å². The number of nitrogens with zero attached hydrogens (tertiary/aromatic N) is 3. The van der Waals surface area contributed by atoms with Gasteiger partial charge in [0.15, 0.2) is 5.96 Å². The Hall–Kier alpha value is -0.930. The second kappa shape index (κ2) is 12.2. The fraction of sp³-hybridized carbons (Fsp3) is 0.696. The molecule has 30 heavy (non-hydrogen) atoms. The molecule has 1 aromatic rings. The van der Waals surface area contributed by atoms with E-state index in [-0.39, 0.29) is 35.3 Å². The molecule has 0 amide bonds. The van der Waals surface area contributed by atoms with Crippen molar-refractivity contribution in [2.45, 2.75) is 58.0 Å². The molecule has 0 saturated carbocycles. The van der Waals surface area contributed by atoms with Crippen LogP contribution < -0.4 is 10.6 Å². The van der Waals surface area contributed by atoms with Crippen molar-refractivity contribution in [2.75, 3.05) is 46.3 Å². The number of likely N-dealkylation sites (tertiary alicyclic amines) is 2. The van der Waals surface area contributed by atoms with Crippen LogP contribution in [0.5, 0.6) is 0 Å². The molecule has 0 aliphatic carbocycles. The van der Waals surface area contributed by atoms with E-state index in [1.807, 2.05) is 12.1 Å². The van der Waals surface area contributed by atoms with Gasteiger partial charge in [0.05, 0.1) is 6.54 Å². The minimum absolute atomic E-state index is 0. The van der Waals surface area contributed by atoms with Gasteiger partial charge in [0, 0.05) is 18.6 Å². The molecule has 2 N–H and O–H groups in total. The molecule has 2 saturated heterocycles. The summed E-state index contributed by atoms with van der Waals surface area (Å²) in [6, 6.07) is 5.37. The van der Waals surface area contributed by atoms with Crippen LogP contribution in [0.1, 0.15) is 50.2 Å². The number of aliphatic imine (C=N–C) groups is 1. The van der Waals surface area contributed by atoms with Crippen LogP contribution in [0.4, 0.5) is 4.39 Å².